The molecule has 0 atom stereocenters. The molecule has 1 aromatic heterocycles. The van der Waals surface area contributed by atoms with Crippen molar-refractivity contribution in [2.45, 2.75) is 25.3 Å². The Balaban J connectivity index is 2.09. The van der Waals surface area contributed by atoms with Gasteiger partial charge >= 0.3 is 0 Å². The molecule has 0 fully saturated rings. The first-order chi connectivity index (χ1) is 9.85. The normalized spacial score (nSPS) is 11.6. The van der Waals surface area contributed by atoms with Gasteiger partial charge in [-0.2, -0.15) is 0 Å². The Kier molecular flexibility index (Phi) is 4.39. The zero-order valence-corrected chi connectivity index (χ0v) is 13.6. The molecule has 0 unspecified atom stereocenters. The number of hydrogen-bond donors (Lipinski definition) is 2. The number of hydrogen-bond acceptors (Lipinski definition) is 3. The Labute approximate surface area is 126 Å². The predicted octanol–water partition coefficient (Wildman–Crippen LogP) is 2.16. The number of aryl methyl sites for hydroxylation is 1. The minimum absolute atomic E-state index is 0.266. The maximum Gasteiger partial charge on any atom is 0.240 e. The number of nitrogens with one attached hydrogen (secondary N) is 2. The molecule has 114 valence electrons. The molecule has 21 heavy (non-hydrogen) atoms. The maximum atomic E-state index is 11.6. The second kappa shape index (κ2) is 5.91. The van der Waals surface area contributed by atoms with Gasteiger partial charge in [0, 0.05) is 30.7 Å². The van der Waals surface area contributed by atoms with E-state index in [4.69, 9.17) is 0 Å². The highest BCUT2D eigenvalue weighted by atomic mass is 32.2. The van der Waals surface area contributed by atoms with Crippen LogP contribution in [0.1, 0.15) is 17.0 Å². The van der Waals surface area contributed by atoms with E-state index in [1.165, 1.54) is 24.0 Å². The molecule has 0 aliphatic carbocycles. The van der Waals surface area contributed by atoms with Gasteiger partial charge in [0.1, 0.15) is 0 Å². The van der Waals surface area contributed by atoms with Crippen LogP contribution in [0, 0.1) is 13.8 Å². The Morgan fingerprint density at radius 3 is 2.24 bits per heavy atom. The second-order valence-corrected chi connectivity index (χ2v) is 6.93. The van der Waals surface area contributed by atoms with Crippen molar-refractivity contribution < 1.29 is 8.42 Å². The zero-order valence-electron chi connectivity index (χ0n) is 12.8. The summed E-state index contributed by atoms with van der Waals surface area (Å²) in [5.41, 5.74) is 4.59. The molecule has 0 radical (unpaired) electrons. The van der Waals surface area contributed by atoms with Crippen molar-refractivity contribution >= 4 is 15.7 Å². The molecule has 2 rings (SSSR count). The average molecular weight is 307 g/mol. The van der Waals surface area contributed by atoms with Gasteiger partial charge in [-0.05, 0) is 56.8 Å². The van der Waals surface area contributed by atoms with Crippen molar-refractivity contribution in [3.05, 3.63) is 47.3 Å². The summed E-state index contributed by atoms with van der Waals surface area (Å²) in [5, 5.41) is 3.31. The van der Waals surface area contributed by atoms with E-state index in [0.717, 1.165) is 5.69 Å². The second-order valence-electron chi connectivity index (χ2n) is 5.04. The molecular formula is C15H21N3O2S. The van der Waals surface area contributed by atoms with Gasteiger partial charge in [0.25, 0.3) is 0 Å². The summed E-state index contributed by atoms with van der Waals surface area (Å²) in [6.45, 7) is 4.88. The lowest BCUT2D eigenvalue weighted by Gasteiger charge is -2.08. The molecule has 0 saturated heterocycles. The Morgan fingerprint density at radius 1 is 1.14 bits per heavy atom. The number of sulfonamides is 1. The molecule has 2 N–H and O–H groups in total. The molecule has 1 heterocycles. The van der Waals surface area contributed by atoms with Crippen molar-refractivity contribution in [3.8, 4) is 0 Å². The summed E-state index contributed by atoms with van der Waals surface area (Å²) in [6.07, 6.45) is 0. The number of benzene rings is 1. The third-order valence-electron chi connectivity index (χ3n) is 3.80. The van der Waals surface area contributed by atoms with Crippen LogP contribution in [-0.2, 0) is 23.6 Å². The fraction of sp³-hybridized carbons (Fsp3) is 0.333. The molecule has 2 aromatic rings. The summed E-state index contributed by atoms with van der Waals surface area (Å²) in [4.78, 5) is 0.266. The highest BCUT2D eigenvalue weighted by Crippen LogP contribution is 2.17. The first-order valence-corrected chi connectivity index (χ1v) is 8.22. The summed E-state index contributed by atoms with van der Waals surface area (Å²) in [6, 6.07) is 8.89. The van der Waals surface area contributed by atoms with E-state index in [0.29, 0.717) is 6.54 Å². The fourth-order valence-corrected chi connectivity index (χ4v) is 2.91. The lowest BCUT2D eigenvalue weighted by Crippen LogP contribution is -2.18. The Hall–Kier alpha value is -1.79. The molecular weight excluding hydrogens is 286 g/mol. The fourth-order valence-electron chi connectivity index (χ4n) is 2.18. The van der Waals surface area contributed by atoms with Gasteiger partial charge in [-0.1, -0.05) is 0 Å². The average Bonchev–Trinajstić information content (AvgIpc) is 2.73. The third kappa shape index (κ3) is 3.28. The predicted molar refractivity (Wildman–Crippen MR) is 84.9 cm³/mol. The Morgan fingerprint density at radius 2 is 1.76 bits per heavy atom. The molecule has 0 bridgehead atoms. The molecule has 0 spiro atoms. The largest absolute Gasteiger partial charge is 0.381 e. The molecule has 5 nitrogen and oxygen atoms in total. The van der Waals surface area contributed by atoms with Crippen LogP contribution in [0.5, 0.6) is 0 Å². The van der Waals surface area contributed by atoms with Gasteiger partial charge in [-0.15, -0.1) is 0 Å². The van der Waals surface area contributed by atoms with Crippen molar-refractivity contribution in [1.82, 2.24) is 9.29 Å². The molecule has 6 heteroatoms. The van der Waals surface area contributed by atoms with E-state index >= 15 is 0 Å². The highest BCUT2D eigenvalue weighted by molar-refractivity contribution is 7.89. The van der Waals surface area contributed by atoms with Gasteiger partial charge in [-0.3, -0.25) is 0 Å². The van der Waals surface area contributed by atoms with E-state index in [1.807, 2.05) is 7.05 Å². The van der Waals surface area contributed by atoms with E-state index in [9.17, 15) is 8.42 Å². The minimum atomic E-state index is -3.37. The van der Waals surface area contributed by atoms with Crippen molar-refractivity contribution in [1.29, 1.82) is 0 Å². The van der Waals surface area contributed by atoms with Crippen LogP contribution in [0.15, 0.2) is 35.2 Å². The lowest BCUT2D eigenvalue weighted by atomic mass is 10.2. The van der Waals surface area contributed by atoms with E-state index in [-0.39, 0.29) is 4.90 Å². The van der Waals surface area contributed by atoms with Crippen LogP contribution < -0.4 is 10.0 Å². The molecule has 0 aliphatic rings. The summed E-state index contributed by atoms with van der Waals surface area (Å²) in [7, 11) is 0.0798. The van der Waals surface area contributed by atoms with Gasteiger partial charge in [-0.25, -0.2) is 13.1 Å². The van der Waals surface area contributed by atoms with E-state index in [1.54, 1.807) is 24.3 Å². The standard InChI is InChI=1S/C15H21N3O2S/c1-11-9-13(12(2)18(11)4)10-17-14-5-7-15(8-6-14)21(19,20)16-3/h5-9,16-17H,10H2,1-4H3. The van der Waals surface area contributed by atoms with Crippen LogP contribution in [0.2, 0.25) is 0 Å². The number of anilines is 1. The third-order valence-corrected chi connectivity index (χ3v) is 5.23. The molecule has 0 aliphatic heterocycles. The number of rotatable bonds is 5. The summed E-state index contributed by atoms with van der Waals surface area (Å²) < 4.78 is 27.7. The summed E-state index contributed by atoms with van der Waals surface area (Å²) >= 11 is 0. The zero-order chi connectivity index (χ0) is 15.6. The van der Waals surface area contributed by atoms with E-state index < -0.39 is 10.0 Å². The van der Waals surface area contributed by atoms with Crippen LogP contribution in [0.3, 0.4) is 0 Å². The highest BCUT2D eigenvalue weighted by Gasteiger charge is 2.10. The van der Waals surface area contributed by atoms with Crippen LogP contribution in [0.25, 0.3) is 0 Å². The SMILES string of the molecule is CNS(=O)(=O)c1ccc(NCc2cc(C)n(C)c2C)cc1. The quantitative estimate of drug-likeness (QED) is 0.890. The van der Waals surface area contributed by atoms with Gasteiger partial charge in [0.15, 0.2) is 0 Å². The topological polar surface area (TPSA) is 63.1 Å². The summed E-state index contributed by atoms with van der Waals surface area (Å²) in [5.74, 6) is 0. The minimum Gasteiger partial charge on any atom is -0.381 e. The van der Waals surface area contributed by atoms with Crippen LogP contribution in [-0.4, -0.2) is 20.0 Å². The molecule has 1 aromatic carbocycles. The smallest absolute Gasteiger partial charge is 0.240 e. The van der Waals surface area contributed by atoms with Crippen molar-refractivity contribution in [3.63, 3.8) is 0 Å². The maximum absolute atomic E-state index is 11.6. The number of aromatic nitrogens is 1. The first-order valence-electron chi connectivity index (χ1n) is 6.74. The van der Waals surface area contributed by atoms with Crippen molar-refractivity contribution in [2.24, 2.45) is 7.05 Å². The molecule has 0 amide bonds. The first kappa shape index (κ1) is 15.6. The monoisotopic (exact) mass is 307 g/mol. The van der Waals surface area contributed by atoms with Gasteiger partial charge in [0.2, 0.25) is 10.0 Å². The van der Waals surface area contributed by atoms with Gasteiger partial charge < -0.3 is 9.88 Å². The van der Waals surface area contributed by atoms with Crippen LogP contribution >= 0.6 is 0 Å². The van der Waals surface area contributed by atoms with Crippen molar-refractivity contribution in [2.75, 3.05) is 12.4 Å². The van der Waals surface area contributed by atoms with E-state index in [2.05, 4.69) is 34.5 Å². The molecule has 0 saturated carbocycles. The van der Waals surface area contributed by atoms with Crippen LogP contribution in [0.4, 0.5) is 5.69 Å². The lowest BCUT2D eigenvalue weighted by molar-refractivity contribution is 0.588. The van der Waals surface area contributed by atoms with Gasteiger partial charge in [0.05, 0.1) is 4.90 Å². The number of nitrogens with zero attached hydrogens (tertiary/aromatic N) is 1. The Bertz CT molecular complexity index is 731.